The normalized spacial score (nSPS) is 13.9. The summed E-state index contributed by atoms with van der Waals surface area (Å²) in [6.07, 6.45) is 33.3. The van der Waals surface area contributed by atoms with E-state index >= 15 is 0 Å². The van der Waals surface area contributed by atoms with Gasteiger partial charge in [0.2, 0.25) is 23.7 Å². The van der Waals surface area contributed by atoms with E-state index in [0.29, 0.717) is 42.1 Å². The van der Waals surface area contributed by atoms with E-state index in [4.69, 9.17) is 54.0 Å². The first-order valence-corrected chi connectivity index (χ1v) is 36.0. The van der Waals surface area contributed by atoms with Gasteiger partial charge in [-0.05, 0) is 44.1 Å². The number of hydrogen-bond acceptors (Lipinski definition) is 19. The Hall–Kier alpha value is -4.42. The Kier molecular flexibility index (Phi) is 42.8. The minimum Gasteiger partial charge on any atom is -0.777 e. The van der Waals surface area contributed by atoms with Crippen LogP contribution in [0.15, 0.2) is 43.0 Å². The summed E-state index contributed by atoms with van der Waals surface area (Å²) in [5.74, 6) is 0.629. The number of quaternary nitrogens is 1. The summed E-state index contributed by atoms with van der Waals surface area (Å²) in [4.78, 5) is 55.9. The van der Waals surface area contributed by atoms with Crippen molar-refractivity contribution in [2.24, 2.45) is 0 Å². The van der Waals surface area contributed by atoms with E-state index < -0.39 is 34.0 Å². The van der Waals surface area contributed by atoms with E-state index in [-0.39, 0.29) is 56.6 Å². The zero-order chi connectivity index (χ0) is 63.9. The first kappa shape index (κ1) is 77.8. The topological polar surface area (TPSA) is 315 Å². The Morgan fingerprint density at radius 1 is 0.591 bits per heavy atom. The number of unbranched alkanes of at least 4 members (excludes halogenated alkanes) is 18. The van der Waals surface area contributed by atoms with E-state index in [1.807, 2.05) is 35.2 Å². The van der Waals surface area contributed by atoms with E-state index in [0.717, 1.165) is 31.6 Å². The zero-order valence-electron chi connectivity index (χ0n) is 54.2. The Morgan fingerprint density at radius 3 is 1.45 bits per heavy atom. The summed E-state index contributed by atoms with van der Waals surface area (Å²) in [7, 11) is -5.53. The van der Waals surface area contributed by atoms with Crippen molar-refractivity contribution in [1.82, 2.24) is 39.0 Å². The number of fused-ring (bicyclic) bond motifs is 2. The maximum Gasteiger partial charge on any atom is 0.353 e. The lowest BCUT2D eigenvalue weighted by Crippen LogP contribution is -3.12. The summed E-state index contributed by atoms with van der Waals surface area (Å²) in [5, 5.41) is 0. The van der Waals surface area contributed by atoms with Gasteiger partial charge in [-0.1, -0.05) is 174 Å². The molecule has 5 heterocycles. The van der Waals surface area contributed by atoms with Crippen molar-refractivity contribution >= 4 is 49.4 Å². The van der Waals surface area contributed by atoms with Gasteiger partial charge in [0.05, 0.1) is 79.5 Å². The number of ether oxygens (including phenoxy) is 7. The van der Waals surface area contributed by atoms with Crippen molar-refractivity contribution in [1.29, 1.82) is 0 Å². The molecule has 3 unspecified atom stereocenters. The molecule has 1 aliphatic rings. The van der Waals surface area contributed by atoms with E-state index in [2.05, 4.69) is 57.6 Å². The fourth-order valence-electron chi connectivity index (χ4n) is 9.47. The number of imidazole rings is 2. The molecule has 0 bridgehead atoms. The van der Waals surface area contributed by atoms with Crippen LogP contribution in [0.25, 0.3) is 22.3 Å². The third-order valence-corrected chi connectivity index (χ3v) is 16.0. The molecule has 1 aromatic carbocycles. The van der Waals surface area contributed by atoms with Crippen molar-refractivity contribution in [2.75, 3.05) is 104 Å². The number of methoxy groups -OCH3 is 2. The second-order valence-corrected chi connectivity index (χ2v) is 25.5. The average molecular weight is 1280 g/mol. The number of anilines is 2. The van der Waals surface area contributed by atoms with Crippen LogP contribution >= 0.6 is 15.2 Å². The molecular formula is C62H111N11O13P2. The molecule has 0 spiro atoms. The van der Waals surface area contributed by atoms with Crippen LogP contribution in [0.5, 0.6) is 11.8 Å². The van der Waals surface area contributed by atoms with Crippen LogP contribution in [0.1, 0.15) is 187 Å². The summed E-state index contributed by atoms with van der Waals surface area (Å²) in [6, 6.07) is 9.78. The largest absolute Gasteiger partial charge is 0.777 e. The molecule has 4 aromatic heterocycles. The first-order chi connectivity index (χ1) is 42.7. The highest BCUT2D eigenvalue weighted by atomic mass is 31.2. The highest BCUT2D eigenvalue weighted by Crippen LogP contribution is 2.42. The molecule has 88 heavy (non-hydrogen) atoms. The number of nitrogens with one attached hydrogen (secondary N) is 1. The van der Waals surface area contributed by atoms with Gasteiger partial charge in [-0.15, -0.1) is 0 Å². The fraction of sp³-hybridized carbons (Fsp3) is 0.742. The maximum absolute atomic E-state index is 12.8. The molecule has 24 nitrogen and oxygen atoms in total. The maximum atomic E-state index is 12.8. The van der Waals surface area contributed by atoms with Crippen LogP contribution in [-0.2, 0) is 57.0 Å². The van der Waals surface area contributed by atoms with Crippen molar-refractivity contribution in [3.05, 3.63) is 48.5 Å². The summed E-state index contributed by atoms with van der Waals surface area (Å²) < 4.78 is 69.5. The third-order valence-electron chi connectivity index (χ3n) is 14.5. The fourth-order valence-corrected chi connectivity index (χ4v) is 10.7. The summed E-state index contributed by atoms with van der Waals surface area (Å²) >= 11 is 0. The van der Waals surface area contributed by atoms with Gasteiger partial charge in [-0.25, -0.2) is 9.97 Å². The van der Waals surface area contributed by atoms with Gasteiger partial charge in [0.15, 0.2) is 29.9 Å². The Morgan fingerprint density at radius 2 is 1.03 bits per heavy atom. The van der Waals surface area contributed by atoms with Crippen molar-refractivity contribution in [3.8, 4) is 11.8 Å². The predicted molar refractivity (Wildman–Crippen MR) is 346 cm³/mol. The molecular weight excluding hydrogens is 1170 g/mol. The van der Waals surface area contributed by atoms with Crippen LogP contribution in [0.2, 0.25) is 0 Å². The molecule has 26 heteroatoms. The Labute approximate surface area is 525 Å². The van der Waals surface area contributed by atoms with Gasteiger partial charge < -0.3 is 82.4 Å². The molecule has 502 valence electrons. The molecule has 3 atom stereocenters. The molecule has 1 fully saturated rings. The second kappa shape index (κ2) is 48.4. The molecule has 5 aromatic rings. The number of nitrogens with two attached hydrogens (primary N) is 2. The first-order valence-electron chi connectivity index (χ1n) is 32.5. The molecule has 0 amide bonds. The smallest absolute Gasteiger partial charge is 0.353 e. The summed E-state index contributed by atoms with van der Waals surface area (Å²) in [5.41, 5.74) is 14.2. The quantitative estimate of drug-likeness (QED) is 0.0179. The van der Waals surface area contributed by atoms with Crippen molar-refractivity contribution < 1.29 is 66.4 Å². The monoisotopic (exact) mass is 1280 g/mol. The molecule has 6 rings (SSSR count). The second-order valence-electron chi connectivity index (χ2n) is 22.2. The van der Waals surface area contributed by atoms with Gasteiger partial charge in [-0.2, -0.15) is 19.9 Å². The lowest BCUT2D eigenvalue weighted by molar-refractivity contribution is -0.900. The Bertz CT molecular complexity index is 2590. The number of rotatable bonds is 46. The van der Waals surface area contributed by atoms with Crippen LogP contribution in [0.4, 0.5) is 11.9 Å². The number of aromatic nitrogens is 8. The number of nitrogen functional groups attached to an aromatic ring is 2. The number of hydrogen-bond donors (Lipinski definition) is 5. The number of nitrogens with zero attached hydrogens (tertiary/aromatic N) is 8. The average Bonchev–Trinajstić information content (AvgIpc) is 2.63. The highest BCUT2D eigenvalue weighted by Gasteiger charge is 2.24. The van der Waals surface area contributed by atoms with Gasteiger partial charge in [0.25, 0.3) is 0 Å². The minimum atomic E-state index is -4.40. The van der Waals surface area contributed by atoms with Crippen LogP contribution in [0, 0.1) is 0 Å². The van der Waals surface area contributed by atoms with Crippen molar-refractivity contribution in [2.45, 2.75) is 208 Å². The summed E-state index contributed by atoms with van der Waals surface area (Å²) in [6.45, 7) is 17.3. The van der Waals surface area contributed by atoms with E-state index in [1.54, 1.807) is 15.5 Å². The lowest BCUT2D eigenvalue weighted by Gasteiger charge is -2.20. The van der Waals surface area contributed by atoms with Gasteiger partial charge in [-0.3, -0.25) is 4.57 Å². The molecule has 1 aliphatic heterocycles. The van der Waals surface area contributed by atoms with E-state index in [9.17, 15) is 18.9 Å². The standard InChI is InChI=1S/C37H62N5O7P.C12H27N.C9H14N5O5P.C4H8O/c1-3-4-5-6-7-8-9-10-11-12-13-14-15-16-17-21-25-46-28-33(48-27-32-22-19-18-20-23-32)29-49-50(43,44)31-47-26-24-42-30-39-34-35(42)40-37(38)41-36(34)45-2;1-4-7-10-13(11-8-5-2)12-9-6-3;1-18-8-6-7(12-9(10)13-8)14(4-11-6)2-3-19-5-20(15,16)17;1-2-4-5-3-1/h18-20,22-23,30,33H,3-17,21,24-29,31H2,1-2H3,(H,43,44)(H2,38,40,41);4-12H2,1-3H3;4H,2-3,5H2,1H3,(H2,10,12,13)(H2,15,16,17);1-4H2. The molecule has 0 radical (unpaired) electrons. The third kappa shape index (κ3) is 35.8. The minimum absolute atomic E-state index is 0.0384. The predicted octanol–water partition coefficient (Wildman–Crippen LogP) is 10.5. The van der Waals surface area contributed by atoms with Crippen LogP contribution < -0.4 is 30.7 Å². The SMILES string of the molecule is C1CCOC1.CCCCCCCCCCCCCCCCCCOCC(COP(=O)(O)COCCn1cnc2c(OC)nc(N)nc21)OCc1ccccc1.CCCC[NH+](CCCC)CCCC.COc1nc(N)nc2c1ncn2CCOCP(=O)([O-])O. The Balaban J connectivity index is 0.000000427. The molecule has 1 saturated heterocycles. The molecule has 0 aliphatic carbocycles. The van der Waals surface area contributed by atoms with Crippen LogP contribution in [0.3, 0.4) is 0 Å². The van der Waals surface area contributed by atoms with Gasteiger partial charge in [0.1, 0.15) is 18.8 Å². The van der Waals surface area contributed by atoms with Crippen molar-refractivity contribution in [3.63, 3.8) is 0 Å². The zero-order valence-corrected chi connectivity index (χ0v) is 56.0. The van der Waals surface area contributed by atoms with Gasteiger partial charge >= 0.3 is 7.60 Å². The molecule has 0 saturated carbocycles. The molecule has 7 N–H and O–H groups in total. The van der Waals surface area contributed by atoms with E-state index in [1.165, 1.54) is 181 Å². The number of benzene rings is 1. The highest BCUT2D eigenvalue weighted by molar-refractivity contribution is 7.52. The van der Waals surface area contributed by atoms with Gasteiger partial charge in [0, 0.05) is 32.9 Å². The lowest BCUT2D eigenvalue weighted by atomic mass is 10.0. The van der Waals surface area contributed by atoms with Crippen LogP contribution in [-0.4, -0.2) is 148 Å².